The van der Waals surface area contributed by atoms with E-state index in [4.69, 9.17) is 0 Å². The molecule has 1 atom stereocenters. The Balaban J connectivity index is 1.49. The molecule has 0 saturated heterocycles. The van der Waals surface area contributed by atoms with Gasteiger partial charge in [-0.3, -0.25) is 4.79 Å². The minimum atomic E-state index is 0.0946. The smallest absolute Gasteiger partial charge is 0.220 e. The Morgan fingerprint density at radius 2 is 1.48 bits per heavy atom. The van der Waals surface area contributed by atoms with Crippen molar-refractivity contribution in [3.63, 3.8) is 0 Å². The average Bonchev–Trinajstić information content (AvgIpc) is 3.21. The van der Waals surface area contributed by atoms with Crippen molar-refractivity contribution < 1.29 is 4.79 Å². The maximum absolute atomic E-state index is 12.7. The van der Waals surface area contributed by atoms with Crippen LogP contribution in [0.25, 0.3) is 10.9 Å². The zero-order valence-electron chi connectivity index (χ0n) is 16.5. The summed E-state index contributed by atoms with van der Waals surface area (Å²) in [5, 5.41) is 4.30. The first-order valence-electron chi connectivity index (χ1n) is 10.2. The Kier molecular flexibility index (Phi) is 6.06. The van der Waals surface area contributed by atoms with Crippen LogP contribution in [-0.2, 0) is 17.8 Å². The SMILES string of the molecule is O=C(CC(CCc1ccccc1)c1c[nH]c2ccccc12)NCc1ccccc1. The summed E-state index contributed by atoms with van der Waals surface area (Å²) in [6.45, 7) is 0.568. The minimum absolute atomic E-state index is 0.0946. The van der Waals surface area contributed by atoms with Gasteiger partial charge in [0.15, 0.2) is 0 Å². The van der Waals surface area contributed by atoms with E-state index in [-0.39, 0.29) is 11.8 Å². The number of aromatic nitrogens is 1. The number of para-hydroxylation sites is 1. The summed E-state index contributed by atoms with van der Waals surface area (Å²) in [5.41, 5.74) is 4.78. The summed E-state index contributed by atoms with van der Waals surface area (Å²) < 4.78 is 0. The summed E-state index contributed by atoms with van der Waals surface area (Å²) >= 11 is 0. The van der Waals surface area contributed by atoms with Crippen molar-refractivity contribution in [2.75, 3.05) is 0 Å². The lowest BCUT2D eigenvalue weighted by Gasteiger charge is -2.17. The third kappa shape index (κ3) is 4.94. The lowest BCUT2D eigenvalue weighted by atomic mass is 9.89. The molecule has 0 spiro atoms. The average molecular weight is 383 g/mol. The van der Waals surface area contributed by atoms with Gasteiger partial charge in [0.25, 0.3) is 0 Å². The normalized spacial score (nSPS) is 12.0. The number of H-pyrrole nitrogens is 1. The lowest BCUT2D eigenvalue weighted by Crippen LogP contribution is -2.24. The molecule has 2 N–H and O–H groups in total. The van der Waals surface area contributed by atoms with Gasteiger partial charge < -0.3 is 10.3 Å². The van der Waals surface area contributed by atoms with Gasteiger partial charge in [-0.1, -0.05) is 78.9 Å². The molecule has 1 amide bonds. The van der Waals surface area contributed by atoms with Crippen LogP contribution >= 0.6 is 0 Å². The van der Waals surface area contributed by atoms with Gasteiger partial charge in [-0.15, -0.1) is 0 Å². The predicted octanol–water partition coefficient (Wildman–Crippen LogP) is 5.59. The molecule has 1 unspecified atom stereocenters. The van der Waals surface area contributed by atoms with Crippen LogP contribution in [0.3, 0.4) is 0 Å². The molecule has 4 rings (SSSR count). The highest BCUT2D eigenvalue weighted by Crippen LogP contribution is 2.31. The minimum Gasteiger partial charge on any atom is -0.361 e. The molecule has 0 saturated carbocycles. The molecule has 146 valence electrons. The molecule has 3 aromatic carbocycles. The highest BCUT2D eigenvalue weighted by atomic mass is 16.1. The van der Waals surface area contributed by atoms with Gasteiger partial charge >= 0.3 is 0 Å². The van der Waals surface area contributed by atoms with E-state index in [0.717, 1.165) is 23.9 Å². The number of benzene rings is 3. The summed E-state index contributed by atoms with van der Waals surface area (Å²) in [6, 6.07) is 28.9. The maximum atomic E-state index is 12.7. The molecule has 0 bridgehead atoms. The Bertz CT molecular complexity index is 1050. The fourth-order valence-corrected chi connectivity index (χ4v) is 3.88. The van der Waals surface area contributed by atoms with Crippen LogP contribution in [0.4, 0.5) is 0 Å². The highest BCUT2D eigenvalue weighted by molar-refractivity contribution is 5.85. The van der Waals surface area contributed by atoms with Gasteiger partial charge in [0, 0.05) is 30.1 Å². The molecule has 0 radical (unpaired) electrons. The van der Waals surface area contributed by atoms with E-state index in [1.807, 2.05) is 42.5 Å². The first-order valence-corrected chi connectivity index (χ1v) is 10.2. The van der Waals surface area contributed by atoms with E-state index >= 15 is 0 Å². The molecular formula is C26H26N2O. The van der Waals surface area contributed by atoms with Crippen LogP contribution in [0.1, 0.15) is 35.4 Å². The predicted molar refractivity (Wildman–Crippen MR) is 119 cm³/mol. The van der Waals surface area contributed by atoms with Gasteiger partial charge in [-0.25, -0.2) is 0 Å². The molecule has 0 aliphatic rings. The Morgan fingerprint density at radius 3 is 2.24 bits per heavy atom. The molecule has 3 heteroatoms. The van der Waals surface area contributed by atoms with E-state index in [1.54, 1.807) is 0 Å². The number of hydrogen-bond donors (Lipinski definition) is 2. The van der Waals surface area contributed by atoms with Gasteiger partial charge in [-0.05, 0) is 41.5 Å². The number of carbonyl (C=O) groups is 1. The summed E-state index contributed by atoms with van der Waals surface area (Å²) in [5.74, 6) is 0.263. The third-order valence-corrected chi connectivity index (χ3v) is 5.45. The molecule has 1 heterocycles. The summed E-state index contributed by atoms with van der Waals surface area (Å²) in [7, 11) is 0. The number of fused-ring (bicyclic) bond motifs is 1. The fraction of sp³-hybridized carbons (Fsp3) is 0.192. The van der Waals surface area contributed by atoms with Crippen LogP contribution in [0.5, 0.6) is 0 Å². The molecule has 29 heavy (non-hydrogen) atoms. The van der Waals surface area contributed by atoms with E-state index < -0.39 is 0 Å². The van der Waals surface area contributed by atoms with E-state index in [9.17, 15) is 4.79 Å². The zero-order valence-corrected chi connectivity index (χ0v) is 16.5. The topological polar surface area (TPSA) is 44.9 Å². The third-order valence-electron chi connectivity index (χ3n) is 5.45. The number of aromatic amines is 1. The molecular weight excluding hydrogens is 356 g/mol. The monoisotopic (exact) mass is 382 g/mol. The second kappa shape index (κ2) is 9.24. The van der Waals surface area contributed by atoms with E-state index in [0.29, 0.717) is 13.0 Å². The van der Waals surface area contributed by atoms with E-state index in [1.165, 1.54) is 16.5 Å². The van der Waals surface area contributed by atoms with Crippen molar-refractivity contribution in [1.82, 2.24) is 10.3 Å². The highest BCUT2D eigenvalue weighted by Gasteiger charge is 2.19. The largest absolute Gasteiger partial charge is 0.361 e. The van der Waals surface area contributed by atoms with Crippen molar-refractivity contribution in [2.24, 2.45) is 0 Å². The number of nitrogens with one attached hydrogen (secondary N) is 2. The number of carbonyl (C=O) groups excluding carboxylic acids is 1. The molecule has 0 aliphatic carbocycles. The van der Waals surface area contributed by atoms with Gasteiger partial charge in [0.2, 0.25) is 5.91 Å². The summed E-state index contributed by atoms with van der Waals surface area (Å²) in [6.07, 6.45) is 4.45. The van der Waals surface area contributed by atoms with Crippen LogP contribution < -0.4 is 5.32 Å². The van der Waals surface area contributed by atoms with Gasteiger partial charge in [-0.2, -0.15) is 0 Å². The Morgan fingerprint density at radius 1 is 0.828 bits per heavy atom. The van der Waals surface area contributed by atoms with Crippen molar-refractivity contribution in [2.45, 2.75) is 31.7 Å². The van der Waals surface area contributed by atoms with Crippen molar-refractivity contribution in [3.8, 4) is 0 Å². The maximum Gasteiger partial charge on any atom is 0.220 e. The Labute approximate surface area is 171 Å². The first-order chi connectivity index (χ1) is 14.3. The standard InChI is InChI=1S/C26H26N2O/c29-26(28-18-21-11-5-2-6-12-21)17-22(16-15-20-9-3-1-4-10-20)24-19-27-25-14-8-7-13-23(24)25/h1-14,19,22,27H,15-18H2,(H,28,29). The molecule has 4 aromatic rings. The van der Waals surface area contributed by atoms with Crippen LogP contribution in [0, 0.1) is 0 Å². The van der Waals surface area contributed by atoms with Crippen molar-refractivity contribution in [1.29, 1.82) is 0 Å². The fourth-order valence-electron chi connectivity index (χ4n) is 3.88. The molecule has 0 aliphatic heterocycles. The van der Waals surface area contributed by atoms with Crippen LogP contribution in [0.15, 0.2) is 91.1 Å². The van der Waals surface area contributed by atoms with Crippen molar-refractivity contribution >= 4 is 16.8 Å². The van der Waals surface area contributed by atoms with E-state index in [2.05, 4.69) is 59.0 Å². The second-order valence-corrected chi connectivity index (χ2v) is 7.48. The summed E-state index contributed by atoms with van der Waals surface area (Å²) in [4.78, 5) is 16.1. The van der Waals surface area contributed by atoms with Crippen LogP contribution in [0.2, 0.25) is 0 Å². The molecule has 0 fully saturated rings. The molecule has 1 aromatic heterocycles. The number of hydrogen-bond acceptors (Lipinski definition) is 1. The number of rotatable bonds is 8. The van der Waals surface area contributed by atoms with Crippen LogP contribution in [-0.4, -0.2) is 10.9 Å². The lowest BCUT2D eigenvalue weighted by molar-refractivity contribution is -0.121. The first kappa shape index (κ1) is 19.0. The van der Waals surface area contributed by atoms with Crippen molar-refractivity contribution in [3.05, 3.63) is 108 Å². The quantitative estimate of drug-likeness (QED) is 0.410. The Hall–Kier alpha value is -3.33. The molecule has 3 nitrogen and oxygen atoms in total. The second-order valence-electron chi connectivity index (χ2n) is 7.48. The number of amides is 1. The number of aryl methyl sites for hydroxylation is 1. The van der Waals surface area contributed by atoms with Gasteiger partial charge in [0.05, 0.1) is 0 Å². The van der Waals surface area contributed by atoms with Gasteiger partial charge in [0.1, 0.15) is 0 Å². The zero-order chi connectivity index (χ0) is 19.9.